The molecule has 0 heterocycles. The van der Waals surface area contributed by atoms with Crippen LogP contribution < -0.4 is 16.0 Å². The first kappa shape index (κ1) is 14.1. The highest BCUT2D eigenvalue weighted by Crippen LogP contribution is 2.26. The lowest BCUT2D eigenvalue weighted by molar-refractivity contribution is -0.119. The smallest absolute Gasteiger partial charge is 0.397 e. The fourth-order valence-corrected chi connectivity index (χ4v) is 1.51. The summed E-state index contributed by atoms with van der Waals surface area (Å²) < 4.78 is 36.9. The normalized spacial score (nSPS) is 11.2. The van der Waals surface area contributed by atoms with E-state index in [1.165, 1.54) is 32.3 Å². The lowest BCUT2D eigenvalue weighted by Crippen LogP contribution is -2.31. The number of carbonyl (C=O) groups excluding carboxylic acids is 1. The second-order valence-corrected chi connectivity index (χ2v) is 3.82. The van der Waals surface area contributed by atoms with Gasteiger partial charge in [0, 0.05) is 19.7 Å². The fraction of sp³-hybridized carbons (Fsp3) is 0.364. The van der Waals surface area contributed by atoms with Crippen molar-refractivity contribution in [2.45, 2.75) is 6.18 Å². The van der Waals surface area contributed by atoms with Gasteiger partial charge in [-0.1, -0.05) is 0 Å². The Balaban J connectivity index is 3.04. The number of hydrogen-bond donors (Lipinski definition) is 2. The largest absolute Gasteiger partial charge is 0.405 e. The third kappa shape index (κ3) is 3.54. The van der Waals surface area contributed by atoms with Crippen molar-refractivity contribution < 1.29 is 18.0 Å². The number of carbonyl (C=O) groups is 1. The third-order valence-electron chi connectivity index (χ3n) is 2.35. The third-order valence-corrected chi connectivity index (χ3v) is 2.35. The number of amides is 1. The van der Waals surface area contributed by atoms with Gasteiger partial charge in [0.25, 0.3) is 5.91 Å². The summed E-state index contributed by atoms with van der Waals surface area (Å²) in [6.07, 6.45) is -4.33. The van der Waals surface area contributed by atoms with Crippen molar-refractivity contribution in [3.63, 3.8) is 0 Å². The number of rotatable bonds is 3. The van der Waals surface area contributed by atoms with Crippen LogP contribution >= 0.6 is 0 Å². The zero-order chi connectivity index (χ0) is 13.9. The predicted molar refractivity (Wildman–Crippen MR) is 63.6 cm³/mol. The Morgan fingerprint density at radius 3 is 2.56 bits per heavy atom. The first-order valence-electron chi connectivity index (χ1n) is 5.14. The van der Waals surface area contributed by atoms with Crippen LogP contribution in [0.2, 0.25) is 0 Å². The summed E-state index contributed by atoms with van der Waals surface area (Å²) in [6, 6.07) is 4.20. The summed E-state index contributed by atoms with van der Waals surface area (Å²) >= 11 is 0. The number of nitrogens with two attached hydrogens (primary N) is 1. The lowest BCUT2D eigenvalue weighted by Gasteiger charge is -2.22. The van der Waals surface area contributed by atoms with Crippen LogP contribution in [0.15, 0.2) is 18.2 Å². The number of anilines is 2. The molecule has 0 aliphatic carbocycles. The van der Waals surface area contributed by atoms with E-state index in [9.17, 15) is 18.0 Å². The minimum absolute atomic E-state index is 0.174. The molecule has 0 aliphatic heterocycles. The molecule has 0 spiro atoms. The van der Waals surface area contributed by atoms with Gasteiger partial charge in [0.05, 0.1) is 11.4 Å². The molecule has 0 aromatic heterocycles. The minimum Gasteiger partial charge on any atom is -0.397 e. The van der Waals surface area contributed by atoms with Crippen LogP contribution in [-0.4, -0.2) is 32.7 Å². The molecule has 0 radical (unpaired) electrons. The molecule has 0 saturated heterocycles. The van der Waals surface area contributed by atoms with Gasteiger partial charge in [-0.15, -0.1) is 0 Å². The summed E-state index contributed by atoms with van der Waals surface area (Å²) in [4.78, 5) is 12.4. The zero-order valence-electron chi connectivity index (χ0n) is 10.0. The van der Waals surface area contributed by atoms with E-state index in [1.807, 2.05) is 0 Å². The summed E-state index contributed by atoms with van der Waals surface area (Å²) in [7, 11) is 2.71. The number of alkyl halides is 3. The molecule has 18 heavy (non-hydrogen) atoms. The van der Waals surface area contributed by atoms with Crippen LogP contribution in [0, 0.1) is 0 Å². The highest BCUT2D eigenvalue weighted by molar-refractivity contribution is 5.96. The van der Waals surface area contributed by atoms with Crippen molar-refractivity contribution in [3.05, 3.63) is 23.8 Å². The summed E-state index contributed by atoms with van der Waals surface area (Å²) in [5, 5.41) is 2.39. The Kier molecular flexibility index (Phi) is 4.05. The van der Waals surface area contributed by atoms with Gasteiger partial charge in [0.2, 0.25) is 0 Å². The number of nitrogen functional groups attached to an aromatic ring is 1. The van der Waals surface area contributed by atoms with E-state index in [4.69, 9.17) is 5.73 Å². The zero-order valence-corrected chi connectivity index (χ0v) is 10.0. The highest BCUT2D eigenvalue weighted by atomic mass is 19.4. The number of nitrogens with one attached hydrogen (secondary N) is 1. The molecule has 100 valence electrons. The molecule has 0 unspecified atom stereocenters. The molecular weight excluding hydrogens is 247 g/mol. The maximum absolute atomic E-state index is 12.3. The summed E-state index contributed by atoms with van der Waals surface area (Å²) in [5.41, 5.74) is 6.23. The van der Waals surface area contributed by atoms with Crippen LogP contribution in [0.3, 0.4) is 0 Å². The van der Waals surface area contributed by atoms with Crippen LogP contribution in [0.5, 0.6) is 0 Å². The van der Waals surface area contributed by atoms with Crippen LogP contribution in [0.25, 0.3) is 0 Å². The van der Waals surface area contributed by atoms with E-state index >= 15 is 0 Å². The quantitative estimate of drug-likeness (QED) is 0.813. The number of halogens is 3. The van der Waals surface area contributed by atoms with E-state index in [2.05, 4.69) is 5.32 Å². The molecule has 4 nitrogen and oxygen atoms in total. The van der Waals surface area contributed by atoms with Crippen molar-refractivity contribution in [1.29, 1.82) is 0 Å². The van der Waals surface area contributed by atoms with E-state index < -0.39 is 12.7 Å². The molecule has 3 N–H and O–H groups in total. The molecule has 1 amide bonds. The van der Waals surface area contributed by atoms with Crippen molar-refractivity contribution in [2.24, 2.45) is 0 Å². The Bertz CT molecular complexity index is 446. The Morgan fingerprint density at radius 2 is 2.06 bits per heavy atom. The second-order valence-electron chi connectivity index (χ2n) is 3.82. The van der Waals surface area contributed by atoms with Crippen LogP contribution in [0.4, 0.5) is 24.5 Å². The van der Waals surface area contributed by atoms with Gasteiger partial charge in [-0.2, -0.15) is 13.2 Å². The molecule has 1 aromatic carbocycles. The average molecular weight is 261 g/mol. The number of benzene rings is 1. The predicted octanol–water partition coefficient (Wildman–Crippen LogP) is 1.63. The molecule has 0 saturated carbocycles. The maximum atomic E-state index is 12.3. The summed E-state index contributed by atoms with van der Waals surface area (Å²) in [5.74, 6) is -0.378. The first-order valence-corrected chi connectivity index (χ1v) is 5.14. The van der Waals surface area contributed by atoms with Crippen LogP contribution in [-0.2, 0) is 0 Å². The minimum atomic E-state index is -4.33. The molecule has 0 bridgehead atoms. The molecule has 0 aliphatic rings. The molecule has 1 rings (SSSR count). The van der Waals surface area contributed by atoms with Crippen molar-refractivity contribution in [2.75, 3.05) is 31.3 Å². The van der Waals surface area contributed by atoms with Gasteiger partial charge >= 0.3 is 6.18 Å². The van der Waals surface area contributed by atoms with Gasteiger partial charge in [0.15, 0.2) is 0 Å². The van der Waals surface area contributed by atoms with E-state index in [-0.39, 0.29) is 22.8 Å². The summed E-state index contributed by atoms with van der Waals surface area (Å²) in [6.45, 7) is -1.13. The van der Waals surface area contributed by atoms with E-state index in [1.54, 1.807) is 0 Å². The monoisotopic (exact) mass is 261 g/mol. The molecule has 1 aromatic rings. The van der Waals surface area contributed by atoms with Gasteiger partial charge in [-0.05, 0) is 18.2 Å². The van der Waals surface area contributed by atoms with Gasteiger partial charge in [0.1, 0.15) is 6.54 Å². The highest BCUT2D eigenvalue weighted by Gasteiger charge is 2.30. The van der Waals surface area contributed by atoms with E-state index in [0.29, 0.717) is 0 Å². The standard InChI is InChI=1S/C11H14F3N3O/c1-16-10(18)7-3-4-8(15)9(5-7)17(2)6-11(12,13)14/h3-5H,6,15H2,1-2H3,(H,16,18). The van der Waals surface area contributed by atoms with E-state index in [0.717, 1.165) is 4.90 Å². The van der Waals surface area contributed by atoms with Gasteiger partial charge in [-0.3, -0.25) is 4.79 Å². The van der Waals surface area contributed by atoms with Crippen molar-refractivity contribution in [3.8, 4) is 0 Å². The first-order chi connectivity index (χ1) is 8.24. The Hall–Kier alpha value is -1.92. The molecule has 7 heteroatoms. The molecule has 0 atom stereocenters. The van der Waals surface area contributed by atoms with Crippen LogP contribution in [0.1, 0.15) is 10.4 Å². The van der Waals surface area contributed by atoms with Crippen molar-refractivity contribution in [1.82, 2.24) is 5.32 Å². The van der Waals surface area contributed by atoms with Crippen molar-refractivity contribution >= 4 is 17.3 Å². The average Bonchev–Trinajstić information content (AvgIpc) is 2.26. The Labute approximate surface area is 103 Å². The SMILES string of the molecule is CNC(=O)c1ccc(N)c(N(C)CC(F)(F)F)c1. The Morgan fingerprint density at radius 1 is 1.44 bits per heavy atom. The van der Waals surface area contributed by atoms with Gasteiger partial charge in [-0.25, -0.2) is 0 Å². The van der Waals surface area contributed by atoms with Gasteiger partial charge < -0.3 is 16.0 Å². The fourth-order valence-electron chi connectivity index (χ4n) is 1.51. The second kappa shape index (κ2) is 5.16. The topological polar surface area (TPSA) is 58.4 Å². The lowest BCUT2D eigenvalue weighted by atomic mass is 10.1. The number of hydrogen-bond acceptors (Lipinski definition) is 3. The maximum Gasteiger partial charge on any atom is 0.405 e. The molecular formula is C11H14F3N3O. The number of nitrogens with zero attached hydrogens (tertiary/aromatic N) is 1. The molecule has 0 fully saturated rings.